The highest BCUT2D eigenvalue weighted by molar-refractivity contribution is 8.18. The quantitative estimate of drug-likeness (QED) is 0.127. The van der Waals surface area contributed by atoms with Crippen molar-refractivity contribution in [2.45, 2.75) is 6.54 Å². The van der Waals surface area contributed by atoms with Crippen molar-refractivity contribution in [3.63, 3.8) is 0 Å². The number of benzene rings is 3. The molecule has 0 spiro atoms. The van der Waals surface area contributed by atoms with Crippen molar-refractivity contribution >= 4 is 46.3 Å². The van der Waals surface area contributed by atoms with Crippen LogP contribution >= 0.6 is 11.8 Å². The van der Waals surface area contributed by atoms with Gasteiger partial charge < -0.3 is 9.47 Å². The fourth-order valence-corrected chi connectivity index (χ4v) is 4.38. The topological polar surface area (TPSA) is 159 Å². The van der Waals surface area contributed by atoms with Crippen LogP contribution in [0.25, 0.3) is 6.08 Å². The van der Waals surface area contributed by atoms with Crippen molar-refractivity contribution in [2.24, 2.45) is 0 Å². The summed E-state index contributed by atoms with van der Waals surface area (Å²) in [6.07, 6.45) is 1.44. The Hall–Kier alpha value is -5.04. The highest BCUT2D eigenvalue weighted by atomic mass is 32.2. The van der Waals surface area contributed by atoms with E-state index in [2.05, 4.69) is 0 Å². The van der Waals surface area contributed by atoms with E-state index in [0.29, 0.717) is 17.3 Å². The monoisotopic (exact) mass is 535 g/mol. The zero-order valence-corrected chi connectivity index (χ0v) is 20.4. The first-order valence-corrected chi connectivity index (χ1v) is 11.6. The molecule has 1 aliphatic heterocycles. The number of imide groups is 1. The van der Waals surface area contributed by atoms with Gasteiger partial charge in [0.2, 0.25) is 0 Å². The van der Waals surface area contributed by atoms with Crippen LogP contribution in [0.5, 0.6) is 11.5 Å². The molecule has 1 aliphatic rings. The number of nitro benzene ring substituents is 2. The van der Waals surface area contributed by atoms with Gasteiger partial charge in [-0.2, -0.15) is 0 Å². The molecule has 0 atom stereocenters. The first-order valence-electron chi connectivity index (χ1n) is 10.8. The number of hydrogen-bond acceptors (Lipinski definition) is 10. The van der Waals surface area contributed by atoms with E-state index in [0.717, 1.165) is 11.0 Å². The van der Waals surface area contributed by atoms with Gasteiger partial charge in [0.25, 0.3) is 22.5 Å². The van der Waals surface area contributed by atoms with Gasteiger partial charge in [-0.1, -0.05) is 30.3 Å². The number of methoxy groups -OCH3 is 1. The lowest BCUT2D eigenvalue weighted by Crippen LogP contribution is -2.27. The number of thioether (sulfide) groups is 1. The fraction of sp³-hybridized carbons (Fsp3) is 0.0800. The summed E-state index contributed by atoms with van der Waals surface area (Å²) in [7, 11) is 1.34. The average Bonchev–Trinajstić information content (AvgIpc) is 3.16. The zero-order valence-electron chi connectivity index (χ0n) is 19.6. The number of non-ortho nitro benzene ring substituents is 1. The van der Waals surface area contributed by atoms with Crippen LogP contribution in [0.15, 0.2) is 71.6 Å². The first kappa shape index (κ1) is 26.0. The van der Waals surface area contributed by atoms with E-state index in [1.54, 1.807) is 6.07 Å². The maximum absolute atomic E-state index is 12.9. The van der Waals surface area contributed by atoms with Gasteiger partial charge in [-0.3, -0.25) is 34.7 Å². The van der Waals surface area contributed by atoms with Crippen LogP contribution in [0.3, 0.4) is 0 Å². The number of ether oxygens (including phenoxy) is 2. The Morgan fingerprint density at radius 2 is 1.74 bits per heavy atom. The van der Waals surface area contributed by atoms with Crippen LogP contribution in [-0.4, -0.2) is 39.0 Å². The first-order chi connectivity index (χ1) is 18.2. The predicted molar refractivity (Wildman–Crippen MR) is 136 cm³/mol. The highest BCUT2D eigenvalue weighted by Crippen LogP contribution is 2.36. The van der Waals surface area contributed by atoms with Crippen LogP contribution in [0, 0.1) is 20.2 Å². The molecule has 3 aromatic rings. The smallest absolute Gasteiger partial charge is 0.343 e. The Bertz CT molecular complexity index is 1520. The molecular weight excluding hydrogens is 518 g/mol. The lowest BCUT2D eigenvalue weighted by Gasteiger charge is -2.12. The van der Waals surface area contributed by atoms with E-state index in [1.807, 2.05) is 0 Å². The third-order valence-electron chi connectivity index (χ3n) is 5.37. The summed E-state index contributed by atoms with van der Waals surface area (Å²) in [5.74, 6) is -1.28. The maximum atomic E-state index is 12.9. The number of esters is 1. The molecule has 0 saturated carbocycles. The molecule has 4 rings (SSSR count). The van der Waals surface area contributed by atoms with Gasteiger partial charge >= 0.3 is 5.97 Å². The molecular formula is C25H17N3O9S. The summed E-state index contributed by atoms with van der Waals surface area (Å²) in [6, 6.07) is 15.3. The van der Waals surface area contributed by atoms with E-state index in [4.69, 9.17) is 9.47 Å². The van der Waals surface area contributed by atoms with Crippen molar-refractivity contribution in [3.8, 4) is 11.5 Å². The summed E-state index contributed by atoms with van der Waals surface area (Å²) >= 11 is 0.687. The Balaban J connectivity index is 1.53. The molecule has 0 N–H and O–H groups in total. The van der Waals surface area contributed by atoms with E-state index in [9.17, 15) is 34.6 Å². The molecule has 38 heavy (non-hydrogen) atoms. The summed E-state index contributed by atoms with van der Waals surface area (Å²) < 4.78 is 10.6. The van der Waals surface area contributed by atoms with Crippen LogP contribution < -0.4 is 9.47 Å². The van der Waals surface area contributed by atoms with Crippen LogP contribution in [0.2, 0.25) is 0 Å². The van der Waals surface area contributed by atoms with Gasteiger partial charge in [0.15, 0.2) is 11.5 Å². The zero-order chi connectivity index (χ0) is 27.4. The number of nitrogens with zero attached hydrogens (tertiary/aromatic N) is 3. The molecule has 1 saturated heterocycles. The standard InChI is InChI=1S/C25H17N3O9S/c1-36-21-11-15(9-10-20(21)37-24(30)16-6-4-7-18(13-16)27(32)33)12-22-23(29)26(25(31)38-22)14-17-5-2-3-8-19(17)28(34)35/h2-13H,14H2,1H3/b22-12-. The molecule has 0 aromatic heterocycles. The third-order valence-corrected chi connectivity index (χ3v) is 6.28. The number of hydrogen-bond donors (Lipinski definition) is 0. The summed E-state index contributed by atoms with van der Waals surface area (Å²) in [4.78, 5) is 60.0. The fourth-order valence-electron chi connectivity index (χ4n) is 3.54. The second-order valence-electron chi connectivity index (χ2n) is 7.76. The SMILES string of the molecule is COc1cc(/C=C2\SC(=O)N(Cc3ccccc3[N+](=O)[O-])C2=O)ccc1OC(=O)c1cccc([N+](=O)[O-])c1. The minimum absolute atomic E-state index is 0.0299. The molecule has 192 valence electrons. The van der Waals surface area contributed by atoms with Crippen LogP contribution in [-0.2, 0) is 11.3 Å². The van der Waals surface area contributed by atoms with Gasteiger partial charge in [0.05, 0.1) is 34.0 Å². The third kappa shape index (κ3) is 5.52. The van der Waals surface area contributed by atoms with Crippen molar-refractivity contribution in [3.05, 3.63) is 109 Å². The molecule has 1 fully saturated rings. The number of para-hydroxylation sites is 1. The van der Waals surface area contributed by atoms with E-state index >= 15 is 0 Å². The summed E-state index contributed by atoms with van der Waals surface area (Å²) in [5, 5.41) is 21.7. The Morgan fingerprint density at radius 1 is 0.974 bits per heavy atom. The molecule has 0 bridgehead atoms. The number of nitro groups is 2. The molecule has 0 radical (unpaired) electrons. The highest BCUT2D eigenvalue weighted by Gasteiger charge is 2.36. The lowest BCUT2D eigenvalue weighted by molar-refractivity contribution is -0.385. The van der Waals surface area contributed by atoms with Crippen LogP contribution in [0.4, 0.5) is 16.2 Å². The normalized spacial score (nSPS) is 14.0. The maximum Gasteiger partial charge on any atom is 0.343 e. The van der Waals surface area contributed by atoms with E-state index < -0.39 is 27.0 Å². The second-order valence-corrected chi connectivity index (χ2v) is 8.75. The Morgan fingerprint density at radius 3 is 2.45 bits per heavy atom. The van der Waals surface area contributed by atoms with E-state index in [1.165, 1.54) is 67.8 Å². The number of rotatable bonds is 8. The van der Waals surface area contributed by atoms with Crippen LogP contribution in [0.1, 0.15) is 21.5 Å². The number of carbonyl (C=O) groups excluding carboxylic acids is 3. The number of carbonyl (C=O) groups is 3. The van der Waals surface area contributed by atoms with Crippen molar-refractivity contribution < 1.29 is 33.7 Å². The van der Waals surface area contributed by atoms with Gasteiger partial charge in [-0.25, -0.2) is 4.79 Å². The summed E-state index contributed by atoms with van der Waals surface area (Å²) in [6.45, 7) is -0.255. The molecule has 3 aromatic carbocycles. The average molecular weight is 535 g/mol. The molecule has 13 heteroatoms. The Labute approximate surface area is 218 Å². The summed E-state index contributed by atoms with van der Waals surface area (Å²) in [5.41, 5.74) is 0.177. The van der Waals surface area contributed by atoms with Crippen molar-refractivity contribution in [2.75, 3.05) is 7.11 Å². The number of amides is 2. The second kappa shape index (κ2) is 10.9. The van der Waals surface area contributed by atoms with Gasteiger partial charge in [-0.05, 0) is 41.6 Å². The Kier molecular flexibility index (Phi) is 7.48. The molecule has 1 heterocycles. The molecule has 12 nitrogen and oxygen atoms in total. The molecule has 2 amide bonds. The minimum atomic E-state index is -0.837. The van der Waals surface area contributed by atoms with Crippen molar-refractivity contribution in [1.82, 2.24) is 4.90 Å². The van der Waals surface area contributed by atoms with E-state index in [-0.39, 0.29) is 45.5 Å². The van der Waals surface area contributed by atoms with Crippen molar-refractivity contribution in [1.29, 1.82) is 0 Å². The lowest BCUT2D eigenvalue weighted by atomic mass is 10.1. The van der Waals surface area contributed by atoms with Gasteiger partial charge in [-0.15, -0.1) is 0 Å². The molecule has 0 aliphatic carbocycles. The predicted octanol–water partition coefficient (Wildman–Crippen LogP) is 4.97. The van der Waals surface area contributed by atoms with Gasteiger partial charge in [0, 0.05) is 23.8 Å². The minimum Gasteiger partial charge on any atom is -0.493 e. The molecule has 0 unspecified atom stereocenters. The largest absolute Gasteiger partial charge is 0.493 e. The van der Waals surface area contributed by atoms with Gasteiger partial charge in [0.1, 0.15) is 0 Å².